The van der Waals surface area contributed by atoms with Gasteiger partial charge in [-0.25, -0.2) is 0 Å². The Morgan fingerprint density at radius 2 is 1.30 bits per heavy atom. The average Bonchev–Trinajstić information content (AvgIpc) is 3.83. The third-order valence-electron chi connectivity index (χ3n) is 13.3. The predicted octanol–water partition coefficient (Wildman–Crippen LogP) is 13.6. The first kappa shape index (κ1) is 40.2. The summed E-state index contributed by atoms with van der Waals surface area (Å²) in [6, 6.07) is 51.7. The molecule has 64 heavy (non-hydrogen) atoms. The molecule has 318 valence electrons. The molecule has 0 saturated carbocycles. The van der Waals surface area contributed by atoms with Crippen LogP contribution in [0.4, 0.5) is 0 Å². The molecule has 0 spiro atoms. The van der Waals surface area contributed by atoms with Crippen LogP contribution in [0, 0.1) is 17.7 Å². The first-order chi connectivity index (χ1) is 31.1. The van der Waals surface area contributed by atoms with Crippen LogP contribution in [0.5, 0.6) is 11.5 Å². The van der Waals surface area contributed by atoms with Crippen LogP contribution in [0.15, 0.2) is 158 Å². The van der Waals surface area contributed by atoms with Crippen molar-refractivity contribution in [2.24, 2.45) is 0 Å². The van der Waals surface area contributed by atoms with E-state index >= 15 is 0 Å². The maximum atomic E-state index is 6.82. The number of rotatable bonds is 6. The number of ether oxygens (including phenoxy) is 1. The van der Waals surface area contributed by atoms with Crippen molar-refractivity contribution in [3.8, 4) is 45.4 Å². The Hall–Kier alpha value is -6.62. The van der Waals surface area contributed by atoms with Gasteiger partial charge in [-0.15, -0.1) is 0 Å². The molecule has 0 amide bonds. The normalized spacial score (nSPS) is 12.9. The van der Waals surface area contributed by atoms with Crippen molar-refractivity contribution in [2.75, 3.05) is 0 Å². The van der Waals surface area contributed by atoms with Crippen LogP contribution in [-0.2, 0) is 50.5 Å². The topological polar surface area (TPSA) is 49.3 Å². The van der Waals surface area contributed by atoms with Gasteiger partial charge in [0.15, 0.2) is 0 Å². The van der Waals surface area contributed by atoms with E-state index < -0.39 is 0 Å². The first-order valence-corrected chi connectivity index (χ1v) is 23.4. The second kappa shape index (κ2) is 15.9. The Bertz CT molecular complexity index is 3500. The molecule has 4 aliphatic rings. The molecular weight excluding hydrogens is 966 g/mol. The molecular formula is C57H49N5OPt. The van der Waals surface area contributed by atoms with E-state index in [1.165, 1.54) is 44.6 Å². The summed E-state index contributed by atoms with van der Waals surface area (Å²) >= 11 is 2.51. The fraction of sp³-hybridized carbons (Fsp3) is 0.175. The van der Waals surface area contributed by atoms with Crippen LogP contribution in [0.3, 0.4) is 0 Å². The molecule has 2 aliphatic heterocycles. The number of imidazole rings is 1. The van der Waals surface area contributed by atoms with E-state index in [0.717, 1.165) is 96.8 Å². The fourth-order valence-electron chi connectivity index (χ4n) is 9.67. The van der Waals surface area contributed by atoms with Gasteiger partial charge in [0.2, 0.25) is 0 Å². The fourth-order valence-corrected chi connectivity index (χ4v) is 10.7. The molecule has 0 N–H and O–H groups in total. The van der Waals surface area contributed by atoms with Gasteiger partial charge >= 0.3 is 260 Å². The van der Waals surface area contributed by atoms with Crippen molar-refractivity contribution >= 4 is 27.5 Å². The Morgan fingerprint density at radius 3 is 2.05 bits per heavy atom. The minimum absolute atomic E-state index is 0.136. The zero-order valence-corrected chi connectivity index (χ0v) is 39.1. The van der Waals surface area contributed by atoms with Crippen molar-refractivity contribution in [2.45, 2.75) is 65.7 Å². The molecule has 0 fully saturated rings. The van der Waals surface area contributed by atoms with Gasteiger partial charge in [0.1, 0.15) is 0 Å². The van der Waals surface area contributed by atoms with E-state index in [1.54, 1.807) is 0 Å². The maximum absolute atomic E-state index is 6.82. The SMILES string of the molecule is Cc1c2ccc(c1C)CCc1ccc(c3cn(-c4cccc(Oc5ccc6c7nc(-c8ccccc8)ccc7n(-c7cc(C(C)(C)C)c(-c8ccccc8)cn7)c6c5)c4)[c](=[Pt])n13)CC2. The number of fused-ring (bicyclic) bond motifs is 3. The molecule has 7 heterocycles. The summed E-state index contributed by atoms with van der Waals surface area (Å²) < 4.78 is 15.0. The molecule has 4 bridgehead atoms. The second-order valence-electron chi connectivity index (χ2n) is 18.2. The predicted molar refractivity (Wildman–Crippen MR) is 257 cm³/mol. The van der Waals surface area contributed by atoms with Crippen LogP contribution < -0.4 is 4.74 Å². The standard InChI is InChI=1S/C57H49N5O.Pt/c1-37-38(2)40-20-19-39(37)21-22-43-24-26-44(25-23-40)61-36-60(35-54(43)61)45-17-12-18-46(31-45)63-47-27-28-48-53(32-47)62(52-30-29-51(59-56(48)52)42-15-10-7-11-16-42)55-33-50(57(3,4)5)49(34-58-55)41-13-8-6-9-14-41;/h6-20,24,26-35H,21-23,25H2,1-5H3;. The van der Waals surface area contributed by atoms with E-state index in [0.29, 0.717) is 0 Å². The Balaban J connectivity index is 1.00. The van der Waals surface area contributed by atoms with E-state index in [4.69, 9.17) is 14.7 Å². The van der Waals surface area contributed by atoms with Crippen molar-refractivity contribution in [1.82, 2.24) is 23.5 Å². The molecule has 2 aliphatic carbocycles. The number of hydrogen-bond acceptors (Lipinski definition) is 3. The third kappa shape index (κ3) is 7.05. The third-order valence-corrected chi connectivity index (χ3v) is 14.3. The molecule has 0 atom stereocenters. The van der Waals surface area contributed by atoms with Crippen LogP contribution in [0.1, 0.15) is 59.8 Å². The van der Waals surface area contributed by atoms with Crippen LogP contribution in [0.2, 0.25) is 0 Å². The van der Waals surface area contributed by atoms with Gasteiger partial charge in [-0.3, -0.25) is 0 Å². The van der Waals surface area contributed by atoms with Crippen molar-refractivity contribution in [1.29, 1.82) is 0 Å². The minimum atomic E-state index is -0.136. The summed E-state index contributed by atoms with van der Waals surface area (Å²) in [5.74, 6) is 2.35. The molecule has 10 aromatic rings. The number of aryl methyl sites for hydroxylation is 4. The van der Waals surface area contributed by atoms with Crippen LogP contribution in [0.25, 0.3) is 61.3 Å². The summed E-state index contributed by atoms with van der Waals surface area (Å²) in [7, 11) is 0. The van der Waals surface area contributed by atoms with Gasteiger partial charge < -0.3 is 0 Å². The average molecular weight is 1020 g/mol. The zero-order valence-electron chi connectivity index (χ0n) is 36.8. The summed E-state index contributed by atoms with van der Waals surface area (Å²) in [6.07, 6.45) is 8.34. The van der Waals surface area contributed by atoms with E-state index in [2.05, 4.69) is 207 Å². The first-order valence-electron chi connectivity index (χ1n) is 22.2. The molecule has 5 aromatic carbocycles. The number of pyridine rings is 3. The van der Waals surface area contributed by atoms with Crippen molar-refractivity contribution < 1.29 is 24.1 Å². The summed E-state index contributed by atoms with van der Waals surface area (Å²) in [5, 5.41) is 1.04. The van der Waals surface area contributed by atoms with Gasteiger partial charge in [0.25, 0.3) is 0 Å². The molecule has 0 saturated heterocycles. The molecule has 7 heteroatoms. The molecule has 6 nitrogen and oxygen atoms in total. The number of benzene rings is 5. The van der Waals surface area contributed by atoms with Gasteiger partial charge in [-0.1, -0.05) is 81.4 Å². The quantitative estimate of drug-likeness (QED) is 0.167. The second-order valence-corrected chi connectivity index (χ2v) is 19.2. The number of hydrogen-bond donors (Lipinski definition) is 0. The van der Waals surface area contributed by atoms with Crippen molar-refractivity contribution in [3.63, 3.8) is 0 Å². The Labute approximate surface area is 384 Å². The van der Waals surface area contributed by atoms with Crippen molar-refractivity contribution in [3.05, 3.63) is 201 Å². The van der Waals surface area contributed by atoms with Crippen LogP contribution in [-0.4, -0.2) is 23.5 Å². The monoisotopic (exact) mass is 1010 g/mol. The molecule has 5 aromatic heterocycles. The van der Waals surface area contributed by atoms with Gasteiger partial charge in [-0.2, -0.15) is 0 Å². The van der Waals surface area contributed by atoms with Gasteiger partial charge in [-0.05, 0) is 22.6 Å². The summed E-state index contributed by atoms with van der Waals surface area (Å²) in [6.45, 7) is 11.4. The Morgan fingerprint density at radius 1 is 0.609 bits per heavy atom. The molecule has 0 unspecified atom stereocenters. The van der Waals surface area contributed by atoms with E-state index in [1.807, 2.05) is 18.3 Å². The van der Waals surface area contributed by atoms with Crippen LogP contribution >= 0.6 is 0 Å². The zero-order chi connectivity index (χ0) is 43.7. The van der Waals surface area contributed by atoms with E-state index in [9.17, 15) is 0 Å². The summed E-state index contributed by atoms with van der Waals surface area (Å²) in [5.41, 5.74) is 19.1. The number of aromatic nitrogens is 5. The number of nitrogens with zero attached hydrogens (tertiary/aromatic N) is 5. The Kier molecular flexibility index (Phi) is 9.96. The summed E-state index contributed by atoms with van der Waals surface area (Å²) in [4.78, 5) is 10.5. The molecule has 14 rings (SSSR count). The van der Waals surface area contributed by atoms with Gasteiger partial charge in [0, 0.05) is 17.3 Å². The van der Waals surface area contributed by atoms with E-state index in [-0.39, 0.29) is 5.41 Å². The van der Waals surface area contributed by atoms with Gasteiger partial charge in [0.05, 0.1) is 5.69 Å². The molecule has 0 radical (unpaired) electrons.